The third kappa shape index (κ3) is 5.28. The Hall–Kier alpha value is -2.84. The van der Waals surface area contributed by atoms with E-state index >= 15 is 0 Å². The van der Waals surface area contributed by atoms with Crippen molar-refractivity contribution in [1.29, 1.82) is 0 Å². The van der Waals surface area contributed by atoms with Crippen LogP contribution in [0.15, 0.2) is 35.4 Å². The van der Waals surface area contributed by atoms with Gasteiger partial charge >= 0.3 is 5.69 Å². The zero-order valence-electron chi connectivity index (χ0n) is 18.8. The summed E-state index contributed by atoms with van der Waals surface area (Å²) in [5.74, 6) is -1.16. The number of aliphatic hydroxyl groups excluding tert-OH is 1. The van der Waals surface area contributed by atoms with Gasteiger partial charge in [0, 0.05) is 12.7 Å². The highest BCUT2D eigenvalue weighted by atomic mass is 32.2. The molecule has 2 aliphatic heterocycles. The van der Waals surface area contributed by atoms with Gasteiger partial charge in [-0.2, -0.15) is 9.97 Å². The number of benzene rings is 1. The predicted octanol–water partition coefficient (Wildman–Crippen LogP) is 2.28. The number of amides is 1. The van der Waals surface area contributed by atoms with Gasteiger partial charge in [0.25, 0.3) is 0 Å². The maximum Gasteiger partial charge on any atom is 0.343 e. The SMILES string of the molecule is CC(=O)Nc1nc(N[C@@H]2O[C@H](CO)[C@H]3OC(C)(C)O[C@H]32)c([N+](=O)[O-])c(SCc2ccccc2)n1. The highest BCUT2D eigenvalue weighted by molar-refractivity contribution is 7.98. The summed E-state index contributed by atoms with van der Waals surface area (Å²) in [5, 5.41) is 27.2. The van der Waals surface area contributed by atoms with Crippen molar-refractivity contribution in [1.82, 2.24) is 9.97 Å². The number of fused-ring (bicyclic) bond motifs is 1. The smallest absolute Gasteiger partial charge is 0.343 e. The Labute approximate surface area is 199 Å². The van der Waals surface area contributed by atoms with Gasteiger partial charge in [-0.1, -0.05) is 42.1 Å². The molecule has 0 aliphatic carbocycles. The van der Waals surface area contributed by atoms with E-state index in [1.165, 1.54) is 6.92 Å². The van der Waals surface area contributed by atoms with Gasteiger partial charge in [-0.15, -0.1) is 0 Å². The molecule has 0 saturated carbocycles. The largest absolute Gasteiger partial charge is 0.394 e. The first-order valence-electron chi connectivity index (χ1n) is 10.6. The minimum atomic E-state index is -0.915. The van der Waals surface area contributed by atoms with Gasteiger partial charge in [-0.3, -0.25) is 20.2 Å². The third-order valence-electron chi connectivity index (χ3n) is 5.15. The van der Waals surface area contributed by atoms with Gasteiger partial charge in [-0.05, 0) is 19.4 Å². The van der Waals surface area contributed by atoms with Gasteiger partial charge in [0.2, 0.25) is 17.7 Å². The van der Waals surface area contributed by atoms with Crippen LogP contribution < -0.4 is 10.6 Å². The molecule has 2 aromatic rings. The number of aliphatic hydroxyl groups is 1. The summed E-state index contributed by atoms with van der Waals surface area (Å²) >= 11 is 1.15. The second-order valence-electron chi connectivity index (χ2n) is 8.25. The zero-order chi connectivity index (χ0) is 24.5. The van der Waals surface area contributed by atoms with E-state index in [0.29, 0.717) is 5.75 Å². The van der Waals surface area contributed by atoms with Crippen LogP contribution in [-0.4, -0.2) is 62.8 Å². The minimum absolute atomic E-state index is 0.0762. The highest BCUT2D eigenvalue weighted by Crippen LogP contribution is 2.41. The van der Waals surface area contributed by atoms with Crippen molar-refractivity contribution < 1.29 is 29.0 Å². The second-order valence-corrected chi connectivity index (χ2v) is 9.21. The third-order valence-corrected chi connectivity index (χ3v) is 6.19. The summed E-state index contributed by atoms with van der Waals surface area (Å²) < 4.78 is 17.6. The number of hydrogen-bond donors (Lipinski definition) is 3. The van der Waals surface area contributed by atoms with E-state index in [1.54, 1.807) is 13.8 Å². The molecule has 2 aliphatic rings. The number of ether oxygens (including phenoxy) is 3. The lowest BCUT2D eigenvalue weighted by molar-refractivity contribution is -0.387. The summed E-state index contributed by atoms with van der Waals surface area (Å²) in [7, 11) is 0. The minimum Gasteiger partial charge on any atom is -0.394 e. The number of rotatable bonds is 8. The molecule has 4 rings (SSSR count). The lowest BCUT2D eigenvalue weighted by Crippen LogP contribution is -2.35. The van der Waals surface area contributed by atoms with E-state index < -0.39 is 41.2 Å². The first-order chi connectivity index (χ1) is 16.2. The molecule has 3 heterocycles. The molecule has 13 heteroatoms. The topological polar surface area (TPSA) is 158 Å². The van der Waals surface area contributed by atoms with Crippen molar-refractivity contribution in [2.24, 2.45) is 0 Å². The Morgan fingerprint density at radius 2 is 1.94 bits per heavy atom. The van der Waals surface area contributed by atoms with E-state index in [1.807, 2.05) is 30.3 Å². The van der Waals surface area contributed by atoms with Crippen LogP contribution in [0.4, 0.5) is 17.5 Å². The summed E-state index contributed by atoms with van der Waals surface area (Å²) in [4.78, 5) is 31.5. The van der Waals surface area contributed by atoms with Crippen molar-refractivity contribution in [2.45, 2.75) is 61.9 Å². The number of aromatic nitrogens is 2. The first-order valence-corrected chi connectivity index (χ1v) is 11.5. The molecule has 0 radical (unpaired) electrons. The normalized spacial score (nSPS) is 25.1. The molecule has 0 spiro atoms. The molecule has 0 unspecified atom stereocenters. The molecule has 1 aromatic heterocycles. The Kier molecular flexibility index (Phi) is 7.00. The van der Waals surface area contributed by atoms with Crippen molar-refractivity contribution in [2.75, 3.05) is 17.2 Å². The van der Waals surface area contributed by atoms with Gasteiger partial charge < -0.3 is 24.6 Å². The van der Waals surface area contributed by atoms with Gasteiger partial charge in [0.15, 0.2) is 17.0 Å². The summed E-state index contributed by atoms with van der Waals surface area (Å²) in [6, 6.07) is 9.42. The van der Waals surface area contributed by atoms with E-state index in [2.05, 4.69) is 20.6 Å². The second kappa shape index (κ2) is 9.80. The Morgan fingerprint density at radius 1 is 1.24 bits per heavy atom. The number of hydrogen-bond acceptors (Lipinski definition) is 11. The van der Waals surface area contributed by atoms with Crippen LogP contribution in [0.5, 0.6) is 0 Å². The van der Waals surface area contributed by atoms with Crippen LogP contribution >= 0.6 is 11.8 Å². The molecule has 2 fully saturated rings. The lowest BCUT2D eigenvalue weighted by atomic mass is 10.1. The number of anilines is 2. The van der Waals surface area contributed by atoms with Crippen molar-refractivity contribution in [3.63, 3.8) is 0 Å². The number of nitrogens with one attached hydrogen (secondary N) is 2. The van der Waals surface area contributed by atoms with Gasteiger partial charge in [0.05, 0.1) is 11.5 Å². The fourth-order valence-electron chi connectivity index (χ4n) is 3.82. The fourth-order valence-corrected chi connectivity index (χ4v) is 4.77. The van der Waals surface area contributed by atoms with Crippen LogP contribution in [0.25, 0.3) is 0 Å². The molecule has 182 valence electrons. The lowest BCUT2D eigenvalue weighted by Gasteiger charge is -2.24. The highest BCUT2D eigenvalue weighted by Gasteiger charge is 2.55. The molecule has 1 aromatic carbocycles. The molecule has 1 amide bonds. The monoisotopic (exact) mass is 491 g/mol. The Balaban J connectivity index is 1.67. The maximum absolute atomic E-state index is 12.1. The molecule has 2 saturated heterocycles. The number of nitro groups is 1. The fraction of sp³-hybridized carbons (Fsp3) is 0.476. The van der Waals surface area contributed by atoms with E-state index in [-0.39, 0.29) is 29.1 Å². The average molecular weight is 492 g/mol. The zero-order valence-corrected chi connectivity index (χ0v) is 19.6. The Morgan fingerprint density at radius 3 is 2.59 bits per heavy atom. The predicted molar refractivity (Wildman–Crippen MR) is 122 cm³/mol. The van der Waals surface area contributed by atoms with Crippen LogP contribution in [0, 0.1) is 10.1 Å². The molecule has 3 N–H and O–H groups in total. The number of carbonyl (C=O) groups is 1. The van der Waals surface area contributed by atoms with Crippen LogP contribution in [-0.2, 0) is 24.8 Å². The van der Waals surface area contributed by atoms with Crippen molar-refractivity contribution in [3.05, 3.63) is 46.0 Å². The molecule has 4 atom stereocenters. The molecule has 0 bridgehead atoms. The van der Waals surface area contributed by atoms with Crippen molar-refractivity contribution in [3.8, 4) is 0 Å². The number of thioether (sulfide) groups is 1. The summed E-state index contributed by atoms with van der Waals surface area (Å²) in [6.45, 7) is 4.44. The molecular weight excluding hydrogens is 466 g/mol. The van der Waals surface area contributed by atoms with Crippen LogP contribution in [0.3, 0.4) is 0 Å². The summed E-state index contributed by atoms with van der Waals surface area (Å²) in [5.41, 5.74) is 0.586. The average Bonchev–Trinajstić information content (AvgIpc) is 3.25. The van der Waals surface area contributed by atoms with Crippen LogP contribution in [0.2, 0.25) is 0 Å². The van der Waals surface area contributed by atoms with E-state index in [9.17, 15) is 20.0 Å². The van der Waals surface area contributed by atoms with E-state index in [4.69, 9.17) is 14.2 Å². The van der Waals surface area contributed by atoms with Gasteiger partial charge in [0.1, 0.15) is 18.3 Å². The standard InChI is InChI=1S/C21H25N5O7S/c1-11(28)22-20-24-17(23-18-16-15(13(9-27)31-18)32-21(2,3)33-16)14(26(29)30)19(25-20)34-10-12-7-5-4-6-8-12/h4-8,13,15-16,18,27H,9-10H2,1-3H3,(H2,22,23,24,25,28)/t13-,15-,16-,18-/m1/s1. The van der Waals surface area contributed by atoms with Crippen molar-refractivity contribution >= 4 is 35.1 Å². The molecule has 34 heavy (non-hydrogen) atoms. The number of carbonyl (C=O) groups excluding carboxylic acids is 1. The summed E-state index contributed by atoms with van der Waals surface area (Å²) in [6.07, 6.45) is -2.80. The number of nitrogens with zero attached hydrogens (tertiary/aromatic N) is 3. The Bertz CT molecular complexity index is 1070. The first kappa shape index (κ1) is 24.3. The van der Waals surface area contributed by atoms with E-state index in [0.717, 1.165) is 17.3 Å². The molecule has 12 nitrogen and oxygen atoms in total. The quantitative estimate of drug-likeness (QED) is 0.215. The van der Waals surface area contributed by atoms with Crippen LogP contribution in [0.1, 0.15) is 26.3 Å². The van der Waals surface area contributed by atoms with Gasteiger partial charge in [-0.25, -0.2) is 0 Å². The molecular formula is C21H25N5O7S. The maximum atomic E-state index is 12.1.